The van der Waals surface area contributed by atoms with Crippen LogP contribution in [-0.4, -0.2) is 50.1 Å². The van der Waals surface area contributed by atoms with Gasteiger partial charge in [-0.25, -0.2) is 15.0 Å². The van der Waals surface area contributed by atoms with E-state index in [0.717, 1.165) is 33.5 Å². The molecule has 2 aromatic heterocycles. The standard InChI is InChI=1S/C23H23N5O2/c1-14-6-7-16(5-4-8-23(30)9-10-28(3)22(23)29)12-17(14)18-11-15(2)19-20(27-18)21(24)26-13-25-19/h6-7,11-13,30H,8-10H2,1-3H3,(H2,24,25,26)/t23-/m0/s1. The topological polar surface area (TPSA) is 105 Å². The molecule has 7 nitrogen and oxygen atoms in total. The van der Waals surface area contributed by atoms with Crippen LogP contribution in [0, 0.1) is 25.7 Å². The zero-order valence-electron chi connectivity index (χ0n) is 17.2. The average molecular weight is 401 g/mol. The predicted molar refractivity (Wildman–Crippen MR) is 115 cm³/mol. The van der Waals surface area contributed by atoms with Gasteiger partial charge >= 0.3 is 0 Å². The molecule has 1 aromatic carbocycles. The van der Waals surface area contributed by atoms with Crippen molar-refractivity contribution in [3.63, 3.8) is 0 Å². The number of carbonyl (C=O) groups is 1. The number of benzene rings is 1. The molecule has 1 aliphatic rings. The third-order valence-corrected chi connectivity index (χ3v) is 5.54. The van der Waals surface area contributed by atoms with Gasteiger partial charge in [-0.15, -0.1) is 0 Å². The van der Waals surface area contributed by atoms with Gasteiger partial charge in [0.1, 0.15) is 11.8 Å². The van der Waals surface area contributed by atoms with E-state index in [0.29, 0.717) is 24.3 Å². The first kappa shape index (κ1) is 19.8. The number of aryl methyl sites for hydroxylation is 2. The summed E-state index contributed by atoms with van der Waals surface area (Å²) >= 11 is 0. The molecule has 3 heterocycles. The molecule has 1 atom stereocenters. The first-order valence-corrected chi connectivity index (χ1v) is 9.74. The molecule has 1 aliphatic heterocycles. The molecule has 1 amide bonds. The molecule has 3 N–H and O–H groups in total. The molecular formula is C23H23N5O2. The second kappa shape index (κ2) is 7.39. The molecule has 0 aliphatic carbocycles. The SMILES string of the molecule is Cc1ccc(C#CC[C@]2(O)CCN(C)C2=O)cc1-c1cc(C)c2ncnc(N)c2n1. The van der Waals surface area contributed by atoms with Crippen molar-refractivity contribution in [1.82, 2.24) is 19.9 Å². The van der Waals surface area contributed by atoms with Gasteiger partial charge in [-0.05, 0) is 43.2 Å². The zero-order chi connectivity index (χ0) is 21.5. The number of hydrogen-bond donors (Lipinski definition) is 2. The van der Waals surface area contributed by atoms with Crippen molar-refractivity contribution in [2.45, 2.75) is 32.3 Å². The van der Waals surface area contributed by atoms with E-state index in [2.05, 4.69) is 21.8 Å². The lowest BCUT2D eigenvalue weighted by molar-refractivity contribution is -0.141. The van der Waals surface area contributed by atoms with E-state index >= 15 is 0 Å². The van der Waals surface area contributed by atoms with Gasteiger partial charge in [0.25, 0.3) is 5.91 Å². The van der Waals surface area contributed by atoms with Crippen molar-refractivity contribution < 1.29 is 9.90 Å². The molecule has 0 bridgehead atoms. The highest BCUT2D eigenvalue weighted by molar-refractivity contribution is 5.89. The summed E-state index contributed by atoms with van der Waals surface area (Å²) in [6, 6.07) is 7.84. The van der Waals surface area contributed by atoms with Crippen molar-refractivity contribution in [3.8, 4) is 23.1 Å². The van der Waals surface area contributed by atoms with E-state index < -0.39 is 5.60 Å². The molecule has 0 spiro atoms. The number of anilines is 1. The van der Waals surface area contributed by atoms with E-state index in [-0.39, 0.29) is 12.3 Å². The Kier molecular flexibility index (Phi) is 4.88. The van der Waals surface area contributed by atoms with Crippen LogP contribution in [0.15, 0.2) is 30.6 Å². The molecular weight excluding hydrogens is 378 g/mol. The quantitative estimate of drug-likeness (QED) is 0.638. The number of likely N-dealkylation sites (tertiary alicyclic amines) is 1. The van der Waals surface area contributed by atoms with Crippen LogP contribution in [0.5, 0.6) is 0 Å². The Balaban J connectivity index is 1.68. The minimum absolute atomic E-state index is 0.112. The number of nitrogens with two attached hydrogens (primary N) is 1. The van der Waals surface area contributed by atoms with Crippen LogP contribution in [-0.2, 0) is 4.79 Å². The molecule has 0 saturated carbocycles. The van der Waals surface area contributed by atoms with E-state index in [9.17, 15) is 9.90 Å². The van der Waals surface area contributed by atoms with E-state index in [4.69, 9.17) is 10.7 Å². The van der Waals surface area contributed by atoms with Crippen LogP contribution in [0.3, 0.4) is 0 Å². The molecule has 0 radical (unpaired) electrons. The fourth-order valence-corrected chi connectivity index (χ4v) is 3.70. The van der Waals surface area contributed by atoms with Crippen LogP contribution in [0.1, 0.15) is 29.5 Å². The van der Waals surface area contributed by atoms with Crippen LogP contribution >= 0.6 is 0 Å². The molecule has 0 unspecified atom stereocenters. The van der Waals surface area contributed by atoms with Gasteiger partial charge in [0.05, 0.1) is 11.2 Å². The molecule has 7 heteroatoms. The van der Waals surface area contributed by atoms with Crippen molar-refractivity contribution in [2.24, 2.45) is 0 Å². The number of aromatic nitrogens is 3. The predicted octanol–water partition coefficient (Wildman–Crippen LogP) is 2.23. The van der Waals surface area contributed by atoms with Gasteiger partial charge < -0.3 is 15.7 Å². The van der Waals surface area contributed by atoms with Crippen molar-refractivity contribution in [3.05, 3.63) is 47.3 Å². The number of nitrogens with zero attached hydrogens (tertiary/aromatic N) is 4. The minimum Gasteiger partial charge on any atom is -0.382 e. The molecule has 4 rings (SSSR count). The number of hydrogen-bond acceptors (Lipinski definition) is 6. The fraction of sp³-hybridized carbons (Fsp3) is 0.304. The summed E-state index contributed by atoms with van der Waals surface area (Å²) in [5.41, 5.74) is 10.4. The highest BCUT2D eigenvalue weighted by Crippen LogP contribution is 2.28. The van der Waals surface area contributed by atoms with Gasteiger partial charge in [0.15, 0.2) is 11.4 Å². The molecule has 152 valence electrons. The third kappa shape index (κ3) is 3.46. The van der Waals surface area contributed by atoms with Crippen molar-refractivity contribution in [2.75, 3.05) is 19.3 Å². The van der Waals surface area contributed by atoms with E-state index in [1.807, 2.05) is 38.1 Å². The average Bonchev–Trinajstić information content (AvgIpc) is 2.97. The van der Waals surface area contributed by atoms with Crippen LogP contribution in [0.2, 0.25) is 0 Å². The molecule has 3 aromatic rings. The van der Waals surface area contributed by atoms with Crippen LogP contribution in [0.25, 0.3) is 22.3 Å². The number of rotatable bonds is 2. The minimum atomic E-state index is -1.39. The highest BCUT2D eigenvalue weighted by atomic mass is 16.3. The second-order valence-electron chi connectivity index (χ2n) is 7.80. The largest absolute Gasteiger partial charge is 0.382 e. The Morgan fingerprint density at radius 1 is 1.20 bits per heavy atom. The van der Waals surface area contributed by atoms with Crippen LogP contribution < -0.4 is 5.73 Å². The van der Waals surface area contributed by atoms with Crippen molar-refractivity contribution in [1.29, 1.82) is 0 Å². The molecule has 30 heavy (non-hydrogen) atoms. The smallest absolute Gasteiger partial charge is 0.255 e. The summed E-state index contributed by atoms with van der Waals surface area (Å²) in [5.74, 6) is 6.13. The monoisotopic (exact) mass is 401 g/mol. The van der Waals surface area contributed by atoms with Crippen LogP contribution in [0.4, 0.5) is 5.82 Å². The Hall–Kier alpha value is -3.50. The summed E-state index contributed by atoms with van der Waals surface area (Å²) in [7, 11) is 1.69. The molecule has 1 fully saturated rings. The first-order chi connectivity index (χ1) is 14.3. The van der Waals surface area contributed by atoms with Gasteiger partial charge in [0, 0.05) is 37.6 Å². The maximum absolute atomic E-state index is 12.1. The van der Waals surface area contributed by atoms with Gasteiger partial charge in [0.2, 0.25) is 0 Å². The second-order valence-corrected chi connectivity index (χ2v) is 7.80. The Labute approximate surface area is 175 Å². The maximum Gasteiger partial charge on any atom is 0.255 e. The molecule has 1 saturated heterocycles. The number of fused-ring (bicyclic) bond motifs is 1. The highest BCUT2D eigenvalue weighted by Gasteiger charge is 2.42. The lowest BCUT2D eigenvalue weighted by atomic mass is 9.97. The Morgan fingerprint density at radius 2 is 2.00 bits per heavy atom. The van der Waals surface area contributed by atoms with E-state index in [1.165, 1.54) is 11.2 Å². The summed E-state index contributed by atoms with van der Waals surface area (Å²) in [4.78, 5) is 26.7. The Bertz CT molecular complexity index is 1230. The number of amides is 1. The number of carbonyl (C=O) groups excluding carboxylic acids is 1. The summed E-state index contributed by atoms with van der Waals surface area (Å²) < 4.78 is 0. The lowest BCUT2D eigenvalue weighted by Crippen LogP contribution is -2.38. The van der Waals surface area contributed by atoms with Crippen molar-refractivity contribution >= 4 is 22.8 Å². The van der Waals surface area contributed by atoms with Gasteiger partial charge in [-0.1, -0.05) is 17.9 Å². The first-order valence-electron chi connectivity index (χ1n) is 9.74. The third-order valence-electron chi connectivity index (χ3n) is 5.54. The maximum atomic E-state index is 12.1. The summed E-state index contributed by atoms with van der Waals surface area (Å²) in [6.45, 7) is 4.52. The summed E-state index contributed by atoms with van der Waals surface area (Å²) in [6.07, 6.45) is 1.95. The summed E-state index contributed by atoms with van der Waals surface area (Å²) in [5, 5.41) is 10.5. The van der Waals surface area contributed by atoms with E-state index in [1.54, 1.807) is 7.05 Å². The number of aliphatic hydroxyl groups is 1. The number of nitrogen functional groups attached to an aromatic ring is 1. The lowest BCUT2D eigenvalue weighted by Gasteiger charge is -2.17. The normalized spacial score (nSPS) is 18.5. The van der Waals surface area contributed by atoms with Gasteiger partial charge in [-0.2, -0.15) is 0 Å². The Morgan fingerprint density at radius 3 is 2.73 bits per heavy atom. The fourth-order valence-electron chi connectivity index (χ4n) is 3.70. The number of likely N-dealkylation sites (N-methyl/N-ethyl adjacent to an activating group) is 1. The zero-order valence-corrected chi connectivity index (χ0v) is 17.2. The number of pyridine rings is 1. The van der Waals surface area contributed by atoms with Gasteiger partial charge in [-0.3, -0.25) is 4.79 Å².